The van der Waals surface area contributed by atoms with Crippen LogP contribution in [-0.4, -0.2) is 32.3 Å². The zero-order valence-electron chi connectivity index (χ0n) is 10.1. The first-order valence-electron chi connectivity index (χ1n) is 5.64. The van der Waals surface area contributed by atoms with Gasteiger partial charge < -0.3 is 10.1 Å². The van der Waals surface area contributed by atoms with E-state index < -0.39 is 18.0 Å². The molecule has 0 aliphatic carbocycles. The summed E-state index contributed by atoms with van der Waals surface area (Å²) < 4.78 is 40.9. The number of nitrogens with one attached hydrogen (secondary N) is 1. The number of carbonyl (C=O) groups is 1. The van der Waals surface area contributed by atoms with Crippen LogP contribution in [0.15, 0.2) is 0 Å². The standard InChI is InChI=1S/C11H18F3NO2/c1-10(4-3-5-11(12,13)14)7-15-6-8(10)9(16)17-2/h8,15H,3-7H2,1-2H3. The molecule has 0 saturated carbocycles. The van der Waals surface area contributed by atoms with Gasteiger partial charge in [0.05, 0.1) is 13.0 Å². The van der Waals surface area contributed by atoms with Crippen molar-refractivity contribution in [2.45, 2.75) is 32.4 Å². The number of halogens is 3. The van der Waals surface area contributed by atoms with Gasteiger partial charge in [0.2, 0.25) is 0 Å². The summed E-state index contributed by atoms with van der Waals surface area (Å²) in [6.45, 7) is 2.88. The zero-order valence-corrected chi connectivity index (χ0v) is 10.1. The van der Waals surface area contributed by atoms with Crippen LogP contribution in [0.5, 0.6) is 0 Å². The van der Waals surface area contributed by atoms with Crippen LogP contribution in [0, 0.1) is 11.3 Å². The third-order valence-corrected chi connectivity index (χ3v) is 3.41. The summed E-state index contributed by atoms with van der Waals surface area (Å²) >= 11 is 0. The van der Waals surface area contributed by atoms with Crippen molar-refractivity contribution in [2.24, 2.45) is 11.3 Å². The maximum atomic E-state index is 12.1. The zero-order chi connectivity index (χ0) is 13.1. The predicted octanol–water partition coefficient (Wildman–Crippen LogP) is 2.12. The first-order valence-corrected chi connectivity index (χ1v) is 5.64. The van der Waals surface area contributed by atoms with Crippen LogP contribution in [0.3, 0.4) is 0 Å². The summed E-state index contributed by atoms with van der Waals surface area (Å²) in [6.07, 6.45) is -4.49. The molecule has 0 radical (unpaired) electrons. The Labute approximate surface area is 98.7 Å². The van der Waals surface area contributed by atoms with Crippen molar-refractivity contribution >= 4 is 5.97 Å². The lowest BCUT2D eigenvalue weighted by molar-refractivity contribution is -0.148. The Morgan fingerprint density at radius 3 is 2.71 bits per heavy atom. The first-order chi connectivity index (χ1) is 7.78. The number of hydrogen-bond donors (Lipinski definition) is 1. The maximum Gasteiger partial charge on any atom is 0.389 e. The minimum absolute atomic E-state index is 0.0508. The van der Waals surface area contributed by atoms with Crippen LogP contribution >= 0.6 is 0 Å². The highest BCUT2D eigenvalue weighted by molar-refractivity contribution is 5.74. The van der Waals surface area contributed by atoms with Crippen molar-refractivity contribution < 1.29 is 22.7 Å². The number of methoxy groups -OCH3 is 1. The third-order valence-electron chi connectivity index (χ3n) is 3.41. The number of alkyl halides is 3. The predicted molar refractivity (Wildman–Crippen MR) is 56.4 cm³/mol. The lowest BCUT2D eigenvalue weighted by Crippen LogP contribution is -2.33. The topological polar surface area (TPSA) is 38.3 Å². The van der Waals surface area contributed by atoms with Gasteiger partial charge in [-0.25, -0.2) is 0 Å². The first kappa shape index (κ1) is 14.3. The monoisotopic (exact) mass is 253 g/mol. The number of rotatable bonds is 4. The van der Waals surface area contributed by atoms with Gasteiger partial charge in [-0.3, -0.25) is 4.79 Å². The van der Waals surface area contributed by atoms with E-state index in [4.69, 9.17) is 0 Å². The number of esters is 1. The fourth-order valence-corrected chi connectivity index (χ4v) is 2.34. The molecular formula is C11H18F3NO2. The van der Waals surface area contributed by atoms with Crippen molar-refractivity contribution in [3.63, 3.8) is 0 Å². The average Bonchev–Trinajstić information content (AvgIpc) is 2.57. The van der Waals surface area contributed by atoms with Crippen LogP contribution in [0.25, 0.3) is 0 Å². The van der Waals surface area contributed by atoms with Crippen LogP contribution in [0.2, 0.25) is 0 Å². The molecule has 1 saturated heterocycles. The Bertz CT molecular complexity index is 280. The molecule has 17 heavy (non-hydrogen) atoms. The highest BCUT2D eigenvalue weighted by Gasteiger charge is 2.44. The molecular weight excluding hydrogens is 235 g/mol. The van der Waals surface area contributed by atoms with E-state index in [1.807, 2.05) is 6.92 Å². The van der Waals surface area contributed by atoms with Crippen LogP contribution in [0.4, 0.5) is 13.2 Å². The normalized spacial score (nSPS) is 29.4. The second kappa shape index (κ2) is 5.25. The van der Waals surface area contributed by atoms with E-state index in [0.717, 1.165) is 0 Å². The molecule has 1 aliphatic heterocycles. The molecule has 1 fully saturated rings. The van der Waals surface area contributed by atoms with Crippen molar-refractivity contribution in [2.75, 3.05) is 20.2 Å². The molecule has 0 amide bonds. The van der Waals surface area contributed by atoms with Crippen molar-refractivity contribution in [1.29, 1.82) is 0 Å². The SMILES string of the molecule is COC(=O)C1CNCC1(C)CCCC(F)(F)F. The van der Waals surface area contributed by atoms with E-state index in [-0.39, 0.29) is 18.3 Å². The van der Waals surface area contributed by atoms with Gasteiger partial charge in [0.25, 0.3) is 0 Å². The molecule has 1 rings (SSSR count). The van der Waals surface area contributed by atoms with E-state index >= 15 is 0 Å². The molecule has 6 heteroatoms. The fraction of sp³-hybridized carbons (Fsp3) is 0.909. The third kappa shape index (κ3) is 3.87. The van der Waals surface area contributed by atoms with Crippen LogP contribution < -0.4 is 5.32 Å². The van der Waals surface area contributed by atoms with Gasteiger partial charge in [-0.05, 0) is 18.3 Å². The van der Waals surface area contributed by atoms with Gasteiger partial charge in [-0.15, -0.1) is 0 Å². The lowest BCUT2D eigenvalue weighted by Gasteiger charge is -2.28. The molecule has 2 atom stereocenters. The highest BCUT2D eigenvalue weighted by atomic mass is 19.4. The molecule has 0 bridgehead atoms. The highest BCUT2D eigenvalue weighted by Crippen LogP contribution is 2.38. The summed E-state index contributed by atoms with van der Waals surface area (Å²) in [5, 5.41) is 3.04. The summed E-state index contributed by atoms with van der Waals surface area (Å²) in [5.74, 6) is -0.690. The van der Waals surface area contributed by atoms with Crippen molar-refractivity contribution in [1.82, 2.24) is 5.32 Å². The summed E-state index contributed by atoms with van der Waals surface area (Å²) in [4.78, 5) is 11.5. The summed E-state index contributed by atoms with van der Waals surface area (Å²) in [5.41, 5.74) is -0.432. The van der Waals surface area contributed by atoms with E-state index in [9.17, 15) is 18.0 Å². The lowest BCUT2D eigenvalue weighted by atomic mass is 9.76. The van der Waals surface area contributed by atoms with Gasteiger partial charge in [0.15, 0.2) is 0 Å². The summed E-state index contributed by atoms with van der Waals surface area (Å²) in [7, 11) is 1.30. The largest absolute Gasteiger partial charge is 0.469 e. The average molecular weight is 253 g/mol. The molecule has 2 unspecified atom stereocenters. The van der Waals surface area contributed by atoms with Crippen LogP contribution in [0.1, 0.15) is 26.2 Å². The maximum absolute atomic E-state index is 12.1. The van der Waals surface area contributed by atoms with Gasteiger partial charge in [-0.2, -0.15) is 13.2 Å². The van der Waals surface area contributed by atoms with Gasteiger partial charge in [0.1, 0.15) is 0 Å². The Hall–Kier alpha value is -0.780. The van der Waals surface area contributed by atoms with Gasteiger partial charge in [-0.1, -0.05) is 6.92 Å². The van der Waals surface area contributed by atoms with E-state index in [1.165, 1.54) is 7.11 Å². The number of hydrogen-bond acceptors (Lipinski definition) is 3. The number of ether oxygens (including phenoxy) is 1. The number of carbonyl (C=O) groups excluding carboxylic acids is 1. The molecule has 1 aliphatic rings. The molecule has 0 spiro atoms. The Kier molecular flexibility index (Phi) is 4.41. The molecule has 0 aromatic carbocycles. The van der Waals surface area contributed by atoms with Crippen LogP contribution in [-0.2, 0) is 9.53 Å². The van der Waals surface area contributed by atoms with E-state index in [2.05, 4.69) is 10.1 Å². The van der Waals surface area contributed by atoms with Crippen molar-refractivity contribution in [3.05, 3.63) is 0 Å². The van der Waals surface area contributed by atoms with Gasteiger partial charge in [0, 0.05) is 19.5 Å². The van der Waals surface area contributed by atoms with E-state index in [1.54, 1.807) is 0 Å². The molecule has 100 valence electrons. The molecule has 1 heterocycles. The fourth-order valence-electron chi connectivity index (χ4n) is 2.34. The van der Waals surface area contributed by atoms with Gasteiger partial charge >= 0.3 is 12.1 Å². The quantitative estimate of drug-likeness (QED) is 0.780. The molecule has 0 aromatic rings. The Morgan fingerprint density at radius 2 is 2.18 bits per heavy atom. The van der Waals surface area contributed by atoms with E-state index in [0.29, 0.717) is 19.5 Å². The Morgan fingerprint density at radius 1 is 1.53 bits per heavy atom. The molecule has 0 aromatic heterocycles. The smallest absolute Gasteiger partial charge is 0.389 e. The minimum Gasteiger partial charge on any atom is -0.469 e. The second-order valence-electron chi connectivity index (χ2n) is 4.83. The Balaban J connectivity index is 2.52. The molecule has 3 nitrogen and oxygen atoms in total. The van der Waals surface area contributed by atoms with Crippen molar-refractivity contribution in [3.8, 4) is 0 Å². The summed E-state index contributed by atoms with van der Waals surface area (Å²) in [6, 6.07) is 0. The minimum atomic E-state index is -4.12. The molecule has 1 N–H and O–H groups in total. The second-order valence-corrected chi connectivity index (χ2v) is 4.83.